The van der Waals surface area contributed by atoms with Gasteiger partial charge in [0.25, 0.3) is 0 Å². The number of rotatable bonds is 5. The maximum Gasteiger partial charge on any atom is 0.129 e. The Labute approximate surface area is 74.9 Å². The summed E-state index contributed by atoms with van der Waals surface area (Å²) in [6.07, 6.45) is 4.38. The fourth-order valence-electron chi connectivity index (χ4n) is 1.77. The number of likely N-dealkylation sites (tertiary alicyclic amines) is 1. The highest BCUT2D eigenvalue weighted by Crippen LogP contribution is 2.21. The third kappa shape index (κ3) is 2.59. The summed E-state index contributed by atoms with van der Waals surface area (Å²) >= 11 is 0. The number of carbonyl (C=O) groups excluding carboxylic acids is 1. The lowest BCUT2D eigenvalue weighted by Crippen LogP contribution is -2.47. The molecule has 0 aliphatic carbocycles. The second-order valence-electron chi connectivity index (χ2n) is 3.72. The Balaban J connectivity index is 2.12. The Morgan fingerprint density at radius 3 is 2.75 bits per heavy atom. The number of nitrogens with zero attached hydrogens (tertiary/aromatic N) is 1. The third-order valence-corrected chi connectivity index (χ3v) is 2.61. The van der Waals surface area contributed by atoms with Crippen molar-refractivity contribution in [3.63, 3.8) is 0 Å². The van der Waals surface area contributed by atoms with Gasteiger partial charge in [-0.25, -0.2) is 0 Å². The lowest BCUT2D eigenvalue weighted by Gasteiger charge is -2.41. The van der Waals surface area contributed by atoms with E-state index in [0.29, 0.717) is 11.8 Å². The third-order valence-electron chi connectivity index (χ3n) is 2.61. The summed E-state index contributed by atoms with van der Waals surface area (Å²) in [6.45, 7) is 6.35. The van der Waals surface area contributed by atoms with E-state index in [1.165, 1.54) is 25.9 Å². The molecule has 1 atom stereocenters. The van der Waals surface area contributed by atoms with Crippen LogP contribution in [-0.4, -0.2) is 29.8 Å². The molecule has 0 spiro atoms. The van der Waals surface area contributed by atoms with Crippen LogP contribution in [0.3, 0.4) is 0 Å². The Hall–Kier alpha value is -0.370. The van der Waals surface area contributed by atoms with Crippen LogP contribution < -0.4 is 0 Å². The van der Waals surface area contributed by atoms with E-state index in [1.54, 1.807) is 6.92 Å². The molecule has 0 radical (unpaired) electrons. The summed E-state index contributed by atoms with van der Waals surface area (Å²) in [5.74, 6) is 0.332. The van der Waals surface area contributed by atoms with Crippen LogP contribution in [0.5, 0.6) is 0 Å². The summed E-state index contributed by atoms with van der Waals surface area (Å²) < 4.78 is 0. The summed E-state index contributed by atoms with van der Waals surface area (Å²) in [6, 6.07) is 0.717. The second kappa shape index (κ2) is 4.61. The molecule has 12 heavy (non-hydrogen) atoms. The zero-order chi connectivity index (χ0) is 8.97. The molecule has 1 heterocycles. The van der Waals surface area contributed by atoms with Gasteiger partial charge in [-0.15, -0.1) is 0 Å². The SMILES string of the molecule is CCCN1CCC1CCC(C)=O. The molecule has 70 valence electrons. The molecule has 1 rings (SSSR count). The fourth-order valence-corrected chi connectivity index (χ4v) is 1.77. The van der Waals surface area contributed by atoms with Crippen molar-refractivity contribution in [3.8, 4) is 0 Å². The summed E-state index contributed by atoms with van der Waals surface area (Å²) in [4.78, 5) is 13.2. The Kier molecular flexibility index (Phi) is 3.73. The molecular formula is C10H19NO. The molecule has 1 aliphatic heterocycles. The average Bonchev–Trinajstić information content (AvgIpc) is 1.98. The van der Waals surface area contributed by atoms with Crippen molar-refractivity contribution in [1.82, 2.24) is 4.90 Å². The van der Waals surface area contributed by atoms with Gasteiger partial charge in [0.15, 0.2) is 0 Å². The molecule has 1 fully saturated rings. The van der Waals surface area contributed by atoms with Gasteiger partial charge in [-0.3, -0.25) is 0 Å². The van der Waals surface area contributed by atoms with E-state index in [2.05, 4.69) is 11.8 Å². The predicted octanol–water partition coefficient (Wildman–Crippen LogP) is 1.84. The molecule has 2 heteroatoms. The molecule has 1 saturated heterocycles. The zero-order valence-corrected chi connectivity index (χ0v) is 8.18. The quantitative estimate of drug-likeness (QED) is 0.626. The standard InChI is InChI=1S/C10H19NO/c1-3-7-11-8-6-10(11)5-4-9(2)12/h10H,3-8H2,1-2H3. The van der Waals surface area contributed by atoms with Crippen molar-refractivity contribution in [2.75, 3.05) is 13.1 Å². The minimum atomic E-state index is 0.332. The molecule has 0 amide bonds. The van der Waals surface area contributed by atoms with Crippen LogP contribution in [0.25, 0.3) is 0 Å². The highest BCUT2D eigenvalue weighted by molar-refractivity contribution is 5.75. The van der Waals surface area contributed by atoms with Gasteiger partial charge in [0.1, 0.15) is 5.78 Å². The largest absolute Gasteiger partial charge is 0.300 e. The number of hydrogen-bond acceptors (Lipinski definition) is 2. The van der Waals surface area contributed by atoms with E-state index >= 15 is 0 Å². The number of hydrogen-bond donors (Lipinski definition) is 0. The van der Waals surface area contributed by atoms with E-state index in [-0.39, 0.29) is 0 Å². The lowest BCUT2D eigenvalue weighted by molar-refractivity contribution is -0.117. The smallest absolute Gasteiger partial charge is 0.129 e. The van der Waals surface area contributed by atoms with Crippen LogP contribution in [0.15, 0.2) is 0 Å². The van der Waals surface area contributed by atoms with E-state index < -0.39 is 0 Å². The van der Waals surface area contributed by atoms with Gasteiger partial charge in [-0.2, -0.15) is 0 Å². The van der Waals surface area contributed by atoms with Gasteiger partial charge in [-0.1, -0.05) is 6.92 Å². The van der Waals surface area contributed by atoms with Gasteiger partial charge in [0.05, 0.1) is 0 Å². The van der Waals surface area contributed by atoms with Crippen molar-refractivity contribution in [2.45, 2.75) is 45.6 Å². The maximum absolute atomic E-state index is 10.7. The first kappa shape index (κ1) is 9.72. The van der Waals surface area contributed by atoms with Crippen LogP contribution >= 0.6 is 0 Å². The predicted molar refractivity (Wildman–Crippen MR) is 50.2 cm³/mol. The van der Waals surface area contributed by atoms with Crippen LogP contribution in [0.4, 0.5) is 0 Å². The van der Waals surface area contributed by atoms with Crippen LogP contribution in [-0.2, 0) is 4.79 Å². The molecule has 2 nitrogen and oxygen atoms in total. The van der Waals surface area contributed by atoms with Gasteiger partial charge >= 0.3 is 0 Å². The first-order valence-corrected chi connectivity index (χ1v) is 4.97. The average molecular weight is 169 g/mol. The van der Waals surface area contributed by atoms with Crippen molar-refractivity contribution in [3.05, 3.63) is 0 Å². The van der Waals surface area contributed by atoms with Gasteiger partial charge < -0.3 is 9.69 Å². The second-order valence-corrected chi connectivity index (χ2v) is 3.72. The maximum atomic E-state index is 10.7. The van der Waals surface area contributed by atoms with Crippen LogP contribution in [0.2, 0.25) is 0 Å². The molecule has 0 aromatic rings. The highest BCUT2D eigenvalue weighted by atomic mass is 16.1. The van der Waals surface area contributed by atoms with E-state index in [1.807, 2.05) is 0 Å². The Morgan fingerprint density at radius 1 is 1.58 bits per heavy atom. The molecule has 1 unspecified atom stereocenters. The van der Waals surface area contributed by atoms with Crippen molar-refractivity contribution >= 4 is 5.78 Å². The minimum absolute atomic E-state index is 0.332. The molecule has 0 saturated carbocycles. The molecule has 0 aromatic heterocycles. The number of Topliss-reactive ketones (excluding diaryl/α,β-unsaturated/α-hetero) is 1. The number of carbonyl (C=O) groups is 1. The van der Waals surface area contributed by atoms with Crippen molar-refractivity contribution in [1.29, 1.82) is 0 Å². The van der Waals surface area contributed by atoms with Gasteiger partial charge in [0.2, 0.25) is 0 Å². The summed E-state index contributed by atoms with van der Waals surface area (Å²) in [5.41, 5.74) is 0. The fraction of sp³-hybridized carbons (Fsp3) is 0.900. The molecular weight excluding hydrogens is 150 g/mol. The lowest BCUT2D eigenvalue weighted by atomic mass is 9.97. The number of ketones is 1. The van der Waals surface area contributed by atoms with Crippen LogP contribution in [0, 0.1) is 0 Å². The normalized spacial score (nSPS) is 23.7. The Bertz CT molecular complexity index is 156. The van der Waals surface area contributed by atoms with Crippen molar-refractivity contribution < 1.29 is 4.79 Å². The first-order chi connectivity index (χ1) is 5.74. The highest BCUT2D eigenvalue weighted by Gasteiger charge is 2.26. The topological polar surface area (TPSA) is 20.3 Å². The summed E-state index contributed by atoms with van der Waals surface area (Å²) in [7, 11) is 0. The molecule has 1 aliphatic rings. The molecule has 0 N–H and O–H groups in total. The zero-order valence-electron chi connectivity index (χ0n) is 8.18. The van der Waals surface area contributed by atoms with E-state index in [0.717, 1.165) is 12.8 Å². The molecule has 0 bridgehead atoms. The molecule has 0 aromatic carbocycles. The van der Waals surface area contributed by atoms with Crippen LogP contribution in [0.1, 0.15) is 39.5 Å². The summed E-state index contributed by atoms with van der Waals surface area (Å²) in [5, 5.41) is 0. The van der Waals surface area contributed by atoms with E-state index in [9.17, 15) is 4.79 Å². The first-order valence-electron chi connectivity index (χ1n) is 4.97. The Morgan fingerprint density at radius 2 is 2.33 bits per heavy atom. The van der Waals surface area contributed by atoms with E-state index in [4.69, 9.17) is 0 Å². The van der Waals surface area contributed by atoms with Gasteiger partial charge in [-0.05, 0) is 39.3 Å². The minimum Gasteiger partial charge on any atom is -0.300 e. The monoisotopic (exact) mass is 169 g/mol. The van der Waals surface area contributed by atoms with Crippen molar-refractivity contribution in [2.24, 2.45) is 0 Å². The van der Waals surface area contributed by atoms with Gasteiger partial charge in [0, 0.05) is 12.5 Å².